The van der Waals surface area contributed by atoms with Crippen LogP contribution in [-0.2, 0) is 0 Å². The van der Waals surface area contributed by atoms with E-state index in [2.05, 4.69) is 23.6 Å². The van der Waals surface area contributed by atoms with Gasteiger partial charge in [-0.15, -0.1) is 11.3 Å². The molecule has 0 saturated heterocycles. The molecule has 0 atom stereocenters. The molecular formula is C13H10O2S. The van der Waals surface area contributed by atoms with Gasteiger partial charge in [-0.25, -0.2) is 0 Å². The largest absolute Gasteiger partial charge is 0.454 e. The third-order valence-electron chi connectivity index (χ3n) is 2.38. The molecule has 1 aliphatic rings. The molecule has 0 saturated carbocycles. The number of rotatable bonds is 2. The normalized spacial score (nSPS) is 13.5. The van der Waals surface area contributed by atoms with Crippen molar-refractivity contribution < 1.29 is 9.47 Å². The second-order valence-corrected chi connectivity index (χ2v) is 4.44. The zero-order valence-electron chi connectivity index (χ0n) is 8.55. The number of thiophene rings is 1. The number of benzene rings is 1. The second kappa shape index (κ2) is 4.02. The minimum Gasteiger partial charge on any atom is -0.454 e. The molecule has 80 valence electrons. The van der Waals surface area contributed by atoms with Crippen molar-refractivity contribution >= 4 is 23.5 Å². The summed E-state index contributed by atoms with van der Waals surface area (Å²) in [7, 11) is 0. The molecule has 0 bridgehead atoms. The van der Waals surface area contributed by atoms with Gasteiger partial charge in [-0.1, -0.05) is 18.2 Å². The second-order valence-electron chi connectivity index (χ2n) is 3.46. The van der Waals surface area contributed by atoms with E-state index in [1.807, 2.05) is 24.3 Å². The molecule has 3 rings (SSSR count). The molecule has 0 fully saturated rings. The van der Waals surface area contributed by atoms with E-state index in [1.54, 1.807) is 11.3 Å². The first kappa shape index (κ1) is 9.48. The monoisotopic (exact) mass is 230 g/mol. The Morgan fingerprint density at radius 1 is 1.06 bits per heavy atom. The van der Waals surface area contributed by atoms with Crippen LogP contribution in [0.4, 0.5) is 0 Å². The lowest BCUT2D eigenvalue weighted by molar-refractivity contribution is 0.174. The quantitative estimate of drug-likeness (QED) is 0.784. The van der Waals surface area contributed by atoms with Gasteiger partial charge in [-0.05, 0) is 35.2 Å². The van der Waals surface area contributed by atoms with Crippen molar-refractivity contribution in [1.82, 2.24) is 0 Å². The summed E-state index contributed by atoms with van der Waals surface area (Å²) in [5.74, 6) is 1.65. The van der Waals surface area contributed by atoms with Crippen LogP contribution in [0, 0.1) is 0 Å². The molecule has 1 aromatic carbocycles. The Balaban J connectivity index is 1.85. The zero-order chi connectivity index (χ0) is 10.8. The Kier molecular flexibility index (Phi) is 2.38. The maximum Gasteiger partial charge on any atom is 0.231 e. The van der Waals surface area contributed by atoms with E-state index in [-0.39, 0.29) is 0 Å². The maximum absolute atomic E-state index is 5.32. The van der Waals surface area contributed by atoms with E-state index >= 15 is 0 Å². The number of hydrogen-bond donors (Lipinski definition) is 0. The summed E-state index contributed by atoms with van der Waals surface area (Å²) < 4.78 is 10.6. The van der Waals surface area contributed by atoms with Gasteiger partial charge in [0, 0.05) is 4.88 Å². The molecule has 0 aliphatic carbocycles. The smallest absolute Gasteiger partial charge is 0.231 e. The molecule has 0 unspecified atom stereocenters. The Labute approximate surface area is 97.8 Å². The van der Waals surface area contributed by atoms with Gasteiger partial charge in [0.05, 0.1) is 0 Å². The molecular weight excluding hydrogens is 220 g/mol. The summed E-state index contributed by atoms with van der Waals surface area (Å²) in [6.45, 7) is 0.327. The first-order chi connectivity index (χ1) is 7.92. The fraction of sp³-hybridized carbons (Fsp3) is 0.0769. The van der Waals surface area contributed by atoms with Crippen molar-refractivity contribution in [2.75, 3.05) is 6.79 Å². The molecule has 0 radical (unpaired) electrons. The van der Waals surface area contributed by atoms with Gasteiger partial charge >= 0.3 is 0 Å². The highest BCUT2D eigenvalue weighted by molar-refractivity contribution is 7.10. The van der Waals surface area contributed by atoms with Crippen molar-refractivity contribution in [2.45, 2.75) is 0 Å². The van der Waals surface area contributed by atoms with Crippen LogP contribution < -0.4 is 9.47 Å². The standard InChI is InChI=1S/C13H10O2S/c1-2-11(16-7-1)5-3-10-4-6-12-13(8-10)15-9-14-12/h1-8H,9H2. The number of hydrogen-bond acceptors (Lipinski definition) is 3. The van der Waals surface area contributed by atoms with E-state index in [0.717, 1.165) is 17.1 Å². The first-order valence-corrected chi connectivity index (χ1v) is 5.91. The summed E-state index contributed by atoms with van der Waals surface area (Å²) in [5.41, 5.74) is 1.12. The molecule has 0 N–H and O–H groups in total. The van der Waals surface area contributed by atoms with Gasteiger partial charge in [-0.2, -0.15) is 0 Å². The molecule has 3 heteroatoms. The molecule has 1 aliphatic heterocycles. The van der Waals surface area contributed by atoms with Gasteiger partial charge in [0.1, 0.15) is 0 Å². The van der Waals surface area contributed by atoms with Crippen LogP contribution in [0.15, 0.2) is 35.7 Å². The van der Waals surface area contributed by atoms with Crippen LogP contribution in [0.25, 0.3) is 12.2 Å². The Morgan fingerprint density at radius 3 is 2.88 bits per heavy atom. The van der Waals surface area contributed by atoms with Crippen molar-refractivity contribution in [1.29, 1.82) is 0 Å². The van der Waals surface area contributed by atoms with Crippen molar-refractivity contribution in [3.05, 3.63) is 46.2 Å². The van der Waals surface area contributed by atoms with Crippen LogP contribution in [-0.4, -0.2) is 6.79 Å². The summed E-state index contributed by atoms with van der Waals surface area (Å²) >= 11 is 1.72. The highest BCUT2D eigenvalue weighted by Crippen LogP contribution is 2.33. The lowest BCUT2D eigenvalue weighted by atomic mass is 10.2. The van der Waals surface area contributed by atoms with E-state index in [4.69, 9.17) is 9.47 Å². The van der Waals surface area contributed by atoms with E-state index < -0.39 is 0 Å². The minimum atomic E-state index is 0.327. The molecule has 0 amide bonds. The predicted molar refractivity (Wildman–Crippen MR) is 65.8 cm³/mol. The van der Waals surface area contributed by atoms with Gasteiger partial charge in [-0.3, -0.25) is 0 Å². The van der Waals surface area contributed by atoms with Gasteiger partial charge in [0.25, 0.3) is 0 Å². The van der Waals surface area contributed by atoms with Gasteiger partial charge < -0.3 is 9.47 Å². The fourth-order valence-electron chi connectivity index (χ4n) is 1.58. The fourth-order valence-corrected chi connectivity index (χ4v) is 2.20. The summed E-state index contributed by atoms with van der Waals surface area (Å²) in [6.07, 6.45) is 4.18. The summed E-state index contributed by atoms with van der Waals surface area (Å²) in [4.78, 5) is 1.25. The lowest BCUT2D eigenvalue weighted by Crippen LogP contribution is -1.92. The zero-order valence-corrected chi connectivity index (χ0v) is 9.37. The van der Waals surface area contributed by atoms with Gasteiger partial charge in [0.15, 0.2) is 11.5 Å². The van der Waals surface area contributed by atoms with E-state index in [1.165, 1.54) is 4.88 Å². The molecule has 2 nitrogen and oxygen atoms in total. The van der Waals surface area contributed by atoms with Crippen molar-refractivity contribution in [3.8, 4) is 11.5 Å². The van der Waals surface area contributed by atoms with Crippen LogP contribution in [0.2, 0.25) is 0 Å². The third-order valence-corrected chi connectivity index (χ3v) is 3.22. The maximum atomic E-state index is 5.32. The lowest BCUT2D eigenvalue weighted by Gasteiger charge is -1.97. The Morgan fingerprint density at radius 2 is 2.00 bits per heavy atom. The SMILES string of the molecule is C(=Cc1cccs1)c1ccc2c(c1)OCO2. The summed E-state index contributed by atoms with van der Waals surface area (Å²) in [5, 5.41) is 2.07. The highest BCUT2D eigenvalue weighted by Gasteiger charge is 2.11. The van der Waals surface area contributed by atoms with Crippen LogP contribution in [0.1, 0.15) is 10.4 Å². The molecule has 0 spiro atoms. The first-order valence-electron chi connectivity index (χ1n) is 5.03. The van der Waals surface area contributed by atoms with Gasteiger partial charge in [0.2, 0.25) is 6.79 Å². The molecule has 16 heavy (non-hydrogen) atoms. The minimum absolute atomic E-state index is 0.327. The third kappa shape index (κ3) is 1.82. The van der Waals surface area contributed by atoms with Crippen molar-refractivity contribution in [3.63, 3.8) is 0 Å². The highest BCUT2D eigenvalue weighted by atomic mass is 32.1. The average Bonchev–Trinajstić information content (AvgIpc) is 2.97. The van der Waals surface area contributed by atoms with E-state index in [0.29, 0.717) is 6.79 Å². The molecule has 2 aromatic rings. The van der Waals surface area contributed by atoms with Crippen molar-refractivity contribution in [2.24, 2.45) is 0 Å². The van der Waals surface area contributed by atoms with Crippen LogP contribution in [0.5, 0.6) is 11.5 Å². The predicted octanol–water partition coefficient (Wildman–Crippen LogP) is 3.65. The van der Waals surface area contributed by atoms with Crippen LogP contribution >= 0.6 is 11.3 Å². The van der Waals surface area contributed by atoms with E-state index in [9.17, 15) is 0 Å². The number of fused-ring (bicyclic) bond motifs is 1. The topological polar surface area (TPSA) is 18.5 Å². The molecule has 1 aromatic heterocycles. The van der Waals surface area contributed by atoms with Crippen LogP contribution in [0.3, 0.4) is 0 Å². The number of ether oxygens (including phenoxy) is 2. The summed E-state index contributed by atoms with van der Waals surface area (Å²) in [6, 6.07) is 10.1. The average molecular weight is 230 g/mol. The Hall–Kier alpha value is -1.74. The Bertz CT molecular complexity index is 515. The molecule has 2 heterocycles.